The minimum atomic E-state index is -0.172. The Kier molecular flexibility index (Phi) is 3.05. The molecule has 0 heterocycles. The molecule has 0 aromatic heterocycles. The van der Waals surface area contributed by atoms with Crippen molar-refractivity contribution in [2.75, 3.05) is 5.32 Å². The average molecular weight is 283 g/mol. The van der Waals surface area contributed by atoms with Crippen molar-refractivity contribution >= 4 is 11.5 Å². The number of Topliss-reactive ketones (excluding diaryl/α,β-unsaturated/α-hetero) is 1. The lowest BCUT2D eigenvalue weighted by atomic mass is 9.70. The summed E-state index contributed by atoms with van der Waals surface area (Å²) in [6, 6.07) is 6.32. The molecular weight excluding hydrogens is 258 g/mol. The van der Waals surface area contributed by atoms with Gasteiger partial charge in [0.15, 0.2) is 5.78 Å². The van der Waals surface area contributed by atoms with Gasteiger partial charge < -0.3 is 5.32 Å². The lowest BCUT2D eigenvalue weighted by molar-refractivity contribution is -0.125. The fourth-order valence-corrected chi connectivity index (χ4v) is 4.09. The second kappa shape index (κ2) is 4.46. The van der Waals surface area contributed by atoms with Crippen LogP contribution in [0, 0.1) is 30.6 Å². The van der Waals surface area contributed by atoms with Crippen LogP contribution in [0.1, 0.15) is 44.7 Å². The SMILES string of the molecule is Cc1ccc(N/C=C2\C(=O)[C@]3(C)CC[C@H]2C3(C)C)cc1C. The highest BCUT2D eigenvalue weighted by molar-refractivity contribution is 6.04. The Labute approximate surface area is 127 Å². The standard InChI is InChI=1S/C19H25NO/c1-12-6-7-14(10-13(12)2)20-11-15-16-8-9-19(5,17(15)21)18(16,3)4/h6-7,10-11,16,20H,8-9H2,1-5H3/b15-11-/t16-,19+/m1/s1. The highest BCUT2D eigenvalue weighted by Gasteiger charge is 2.63. The number of fused-ring (bicyclic) bond motifs is 2. The van der Waals surface area contributed by atoms with Crippen molar-refractivity contribution in [3.8, 4) is 0 Å². The first-order chi connectivity index (χ1) is 9.77. The van der Waals surface area contributed by atoms with Crippen LogP contribution in [0.5, 0.6) is 0 Å². The zero-order valence-corrected chi connectivity index (χ0v) is 13.7. The van der Waals surface area contributed by atoms with Crippen LogP contribution in [0.4, 0.5) is 5.69 Å². The highest BCUT2D eigenvalue weighted by atomic mass is 16.1. The predicted molar refractivity (Wildman–Crippen MR) is 87.2 cm³/mol. The highest BCUT2D eigenvalue weighted by Crippen LogP contribution is 2.65. The number of ketones is 1. The van der Waals surface area contributed by atoms with E-state index in [-0.39, 0.29) is 10.8 Å². The van der Waals surface area contributed by atoms with Crippen molar-refractivity contribution in [3.63, 3.8) is 0 Å². The molecular formula is C19H25NO. The van der Waals surface area contributed by atoms with Crippen LogP contribution >= 0.6 is 0 Å². The summed E-state index contributed by atoms with van der Waals surface area (Å²) in [6.07, 6.45) is 4.13. The van der Waals surface area contributed by atoms with Crippen LogP contribution in [0.25, 0.3) is 0 Å². The molecule has 2 nitrogen and oxygen atoms in total. The van der Waals surface area contributed by atoms with E-state index in [1.807, 2.05) is 6.20 Å². The average Bonchev–Trinajstić information content (AvgIpc) is 2.73. The van der Waals surface area contributed by atoms with E-state index in [4.69, 9.17) is 0 Å². The second-order valence-electron chi connectivity index (χ2n) is 7.52. The summed E-state index contributed by atoms with van der Waals surface area (Å²) in [5.41, 5.74) is 4.52. The monoisotopic (exact) mass is 283 g/mol. The molecule has 0 aliphatic heterocycles. The van der Waals surface area contributed by atoms with E-state index in [1.54, 1.807) is 0 Å². The van der Waals surface area contributed by atoms with Gasteiger partial charge in [-0.3, -0.25) is 4.79 Å². The number of carbonyl (C=O) groups is 1. The van der Waals surface area contributed by atoms with Crippen LogP contribution in [-0.2, 0) is 4.79 Å². The molecule has 21 heavy (non-hydrogen) atoms. The molecule has 2 aliphatic carbocycles. The molecule has 1 N–H and O–H groups in total. The molecule has 1 aromatic carbocycles. The maximum absolute atomic E-state index is 12.7. The van der Waals surface area contributed by atoms with Gasteiger partial charge in [-0.1, -0.05) is 26.8 Å². The van der Waals surface area contributed by atoms with Gasteiger partial charge >= 0.3 is 0 Å². The second-order valence-corrected chi connectivity index (χ2v) is 7.52. The molecule has 0 saturated heterocycles. The molecule has 0 spiro atoms. The largest absolute Gasteiger partial charge is 0.361 e. The smallest absolute Gasteiger partial charge is 0.167 e. The van der Waals surface area contributed by atoms with E-state index in [9.17, 15) is 4.79 Å². The Morgan fingerprint density at radius 3 is 2.48 bits per heavy atom. The topological polar surface area (TPSA) is 29.1 Å². The Bertz CT molecular complexity index is 641. The fraction of sp³-hybridized carbons (Fsp3) is 0.526. The number of allylic oxidation sites excluding steroid dienone is 1. The summed E-state index contributed by atoms with van der Waals surface area (Å²) in [4.78, 5) is 12.7. The zero-order chi connectivity index (χ0) is 15.4. The van der Waals surface area contributed by atoms with Crippen molar-refractivity contribution < 1.29 is 4.79 Å². The van der Waals surface area contributed by atoms with Gasteiger partial charge in [-0.15, -0.1) is 0 Å². The summed E-state index contributed by atoms with van der Waals surface area (Å²) in [7, 11) is 0. The maximum Gasteiger partial charge on any atom is 0.167 e. The molecule has 0 amide bonds. The number of rotatable bonds is 2. The number of hydrogen-bond donors (Lipinski definition) is 1. The van der Waals surface area contributed by atoms with E-state index in [0.717, 1.165) is 24.1 Å². The van der Waals surface area contributed by atoms with E-state index >= 15 is 0 Å². The van der Waals surface area contributed by atoms with E-state index in [1.165, 1.54) is 11.1 Å². The molecule has 2 atom stereocenters. The number of hydrogen-bond acceptors (Lipinski definition) is 2. The van der Waals surface area contributed by atoms with Crippen molar-refractivity contribution in [2.45, 2.75) is 47.5 Å². The maximum atomic E-state index is 12.7. The van der Waals surface area contributed by atoms with Gasteiger partial charge in [0.1, 0.15) is 0 Å². The third-order valence-corrected chi connectivity index (χ3v) is 6.27. The third-order valence-electron chi connectivity index (χ3n) is 6.27. The molecule has 2 heteroatoms. The molecule has 0 radical (unpaired) electrons. The summed E-state index contributed by atoms with van der Waals surface area (Å²) in [6.45, 7) is 10.9. The van der Waals surface area contributed by atoms with Crippen molar-refractivity contribution in [2.24, 2.45) is 16.7 Å². The van der Waals surface area contributed by atoms with E-state index in [2.05, 4.69) is 58.1 Å². The molecule has 2 fully saturated rings. The van der Waals surface area contributed by atoms with Gasteiger partial charge in [0.2, 0.25) is 0 Å². The Hall–Kier alpha value is -1.57. The van der Waals surface area contributed by atoms with Crippen molar-refractivity contribution in [1.82, 2.24) is 0 Å². The van der Waals surface area contributed by atoms with Gasteiger partial charge in [0.05, 0.1) is 0 Å². The van der Waals surface area contributed by atoms with Gasteiger partial charge in [-0.2, -0.15) is 0 Å². The van der Waals surface area contributed by atoms with Crippen LogP contribution in [-0.4, -0.2) is 5.78 Å². The number of aryl methyl sites for hydroxylation is 2. The summed E-state index contributed by atoms with van der Waals surface area (Å²) in [5, 5.41) is 3.34. The molecule has 3 rings (SSSR count). The third kappa shape index (κ3) is 1.88. The molecule has 2 aliphatic rings. The van der Waals surface area contributed by atoms with Gasteiger partial charge in [0.25, 0.3) is 0 Å². The molecule has 2 bridgehead atoms. The molecule has 112 valence electrons. The Balaban J connectivity index is 1.88. The van der Waals surface area contributed by atoms with Gasteiger partial charge in [-0.25, -0.2) is 0 Å². The first kappa shape index (κ1) is 14.4. The quantitative estimate of drug-likeness (QED) is 0.802. The van der Waals surface area contributed by atoms with E-state index in [0.29, 0.717) is 11.7 Å². The minimum absolute atomic E-state index is 0.0841. The zero-order valence-electron chi connectivity index (χ0n) is 13.7. The fourth-order valence-electron chi connectivity index (χ4n) is 4.09. The van der Waals surface area contributed by atoms with Crippen molar-refractivity contribution in [1.29, 1.82) is 0 Å². The van der Waals surface area contributed by atoms with Gasteiger partial charge in [0, 0.05) is 22.9 Å². The first-order valence-corrected chi connectivity index (χ1v) is 7.86. The molecule has 1 aromatic rings. The summed E-state index contributed by atoms with van der Waals surface area (Å²) >= 11 is 0. The number of carbonyl (C=O) groups excluding carboxylic acids is 1. The van der Waals surface area contributed by atoms with Gasteiger partial charge in [-0.05, 0) is 61.3 Å². The minimum Gasteiger partial charge on any atom is -0.361 e. The Morgan fingerprint density at radius 1 is 1.19 bits per heavy atom. The molecule has 0 unspecified atom stereocenters. The normalized spacial score (nSPS) is 32.0. The van der Waals surface area contributed by atoms with Crippen molar-refractivity contribution in [3.05, 3.63) is 41.1 Å². The number of nitrogens with one attached hydrogen (secondary N) is 1. The van der Waals surface area contributed by atoms with Crippen LogP contribution < -0.4 is 5.32 Å². The summed E-state index contributed by atoms with van der Waals surface area (Å²) in [5.74, 6) is 0.745. The van der Waals surface area contributed by atoms with E-state index < -0.39 is 0 Å². The molecule has 2 saturated carbocycles. The first-order valence-electron chi connectivity index (χ1n) is 7.86. The van der Waals surface area contributed by atoms with Crippen LogP contribution in [0.2, 0.25) is 0 Å². The number of anilines is 1. The Morgan fingerprint density at radius 2 is 1.90 bits per heavy atom. The lowest BCUT2D eigenvalue weighted by Gasteiger charge is -2.31. The van der Waals surface area contributed by atoms with Crippen LogP contribution in [0.15, 0.2) is 30.0 Å². The predicted octanol–water partition coefficient (Wildman–Crippen LogP) is 4.62. The summed E-state index contributed by atoms with van der Waals surface area (Å²) < 4.78 is 0. The van der Waals surface area contributed by atoms with Crippen LogP contribution in [0.3, 0.4) is 0 Å². The number of benzene rings is 1. The lowest BCUT2D eigenvalue weighted by Crippen LogP contribution is -2.32.